The average Bonchev–Trinajstić information content (AvgIpc) is 3.45. The number of nitrogens with zero attached hydrogens (tertiary/aromatic N) is 2. The molecule has 4 rings (SSSR count). The minimum atomic E-state index is -0.356. The summed E-state index contributed by atoms with van der Waals surface area (Å²) in [7, 11) is 0. The maximum atomic E-state index is 12.4. The van der Waals surface area contributed by atoms with Crippen molar-refractivity contribution in [3.8, 4) is 17.0 Å². The molecule has 3 N–H and O–H groups in total. The van der Waals surface area contributed by atoms with E-state index in [1.54, 1.807) is 12.3 Å². The van der Waals surface area contributed by atoms with Gasteiger partial charge in [-0.25, -0.2) is 5.43 Å². The summed E-state index contributed by atoms with van der Waals surface area (Å²) in [4.78, 5) is 15.6. The van der Waals surface area contributed by atoms with Crippen LogP contribution in [0.15, 0.2) is 65.9 Å². The number of rotatable bonds is 9. The Hall–Kier alpha value is -3.87. The van der Waals surface area contributed by atoms with Crippen molar-refractivity contribution in [2.24, 2.45) is 5.10 Å². The van der Waals surface area contributed by atoms with Crippen molar-refractivity contribution >= 4 is 23.0 Å². The summed E-state index contributed by atoms with van der Waals surface area (Å²) in [5.74, 6) is 0.477. The van der Waals surface area contributed by atoms with Gasteiger partial charge >= 0.3 is 0 Å². The number of amides is 1. The highest BCUT2D eigenvalue weighted by molar-refractivity contribution is 6.00. The Morgan fingerprint density at radius 3 is 2.84 bits per heavy atom. The smallest absolute Gasteiger partial charge is 0.289 e. The summed E-state index contributed by atoms with van der Waals surface area (Å²) in [6, 6.07) is 17.3. The first kappa shape index (κ1) is 20.4. The third-order valence-corrected chi connectivity index (χ3v) is 4.98. The van der Waals surface area contributed by atoms with Crippen LogP contribution in [0.1, 0.15) is 42.2 Å². The Labute approximate surface area is 180 Å². The maximum Gasteiger partial charge on any atom is 0.289 e. The van der Waals surface area contributed by atoms with Crippen molar-refractivity contribution in [2.75, 3.05) is 6.61 Å². The van der Waals surface area contributed by atoms with Crippen molar-refractivity contribution in [2.45, 2.75) is 26.2 Å². The van der Waals surface area contributed by atoms with E-state index in [2.05, 4.69) is 32.6 Å². The molecular formula is C24H25N5O2. The maximum absolute atomic E-state index is 12.4. The third kappa shape index (κ3) is 5.01. The van der Waals surface area contributed by atoms with Gasteiger partial charge in [0, 0.05) is 28.2 Å². The van der Waals surface area contributed by atoms with E-state index in [9.17, 15) is 4.79 Å². The van der Waals surface area contributed by atoms with Gasteiger partial charge in [0.2, 0.25) is 0 Å². The molecule has 7 nitrogen and oxygen atoms in total. The molecule has 7 heteroatoms. The topological polar surface area (TPSA) is 95.2 Å². The third-order valence-electron chi connectivity index (χ3n) is 4.98. The minimum absolute atomic E-state index is 0.339. The van der Waals surface area contributed by atoms with Gasteiger partial charge in [0.25, 0.3) is 5.91 Å². The molecule has 2 heterocycles. The lowest BCUT2D eigenvalue weighted by atomic mass is 10.1. The van der Waals surface area contributed by atoms with Gasteiger partial charge in [0.05, 0.1) is 18.5 Å². The van der Waals surface area contributed by atoms with E-state index in [-0.39, 0.29) is 5.91 Å². The molecule has 0 aliphatic carbocycles. The van der Waals surface area contributed by atoms with Crippen molar-refractivity contribution in [3.05, 3.63) is 72.1 Å². The van der Waals surface area contributed by atoms with E-state index in [1.165, 1.54) is 12.8 Å². The largest absolute Gasteiger partial charge is 0.494 e. The van der Waals surface area contributed by atoms with Gasteiger partial charge in [-0.3, -0.25) is 9.89 Å². The predicted molar refractivity (Wildman–Crippen MR) is 122 cm³/mol. The highest BCUT2D eigenvalue weighted by Gasteiger charge is 2.11. The second-order valence-electron chi connectivity index (χ2n) is 7.24. The van der Waals surface area contributed by atoms with Crippen LogP contribution in [0.5, 0.6) is 5.75 Å². The van der Waals surface area contributed by atoms with Gasteiger partial charge in [0.15, 0.2) is 0 Å². The normalized spacial score (nSPS) is 11.3. The zero-order valence-corrected chi connectivity index (χ0v) is 17.4. The number of carbonyl (C=O) groups is 1. The molecule has 0 bridgehead atoms. The second kappa shape index (κ2) is 9.75. The number of aromatic nitrogens is 3. The van der Waals surface area contributed by atoms with Crippen molar-refractivity contribution in [1.29, 1.82) is 0 Å². The van der Waals surface area contributed by atoms with E-state index in [0.717, 1.165) is 40.8 Å². The number of aromatic amines is 2. The monoisotopic (exact) mass is 415 g/mol. The lowest BCUT2D eigenvalue weighted by Crippen LogP contribution is -2.17. The second-order valence-corrected chi connectivity index (χ2v) is 7.24. The van der Waals surface area contributed by atoms with Gasteiger partial charge in [-0.05, 0) is 42.8 Å². The van der Waals surface area contributed by atoms with Gasteiger partial charge in [-0.15, -0.1) is 0 Å². The van der Waals surface area contributed by atoms with Crippen LogP contribution in [0.25, 0.3) is 22.2 Å². The van der Waals surface area contributed by atoms with Crippen LogP contribution in [0, 0.1) is 0 Å². The van der Waals surface area contributed by atoms with Crippen LogP contribution < -0.4 is 10.2 Å². The summed E-state index contributed by atoms with van der Waals surface area (Å²) >= 11 is 0. The molecular weight excluding hydrogens is 390 g/mol. The SMILES string of the molecule is CCCCCOc1ccc(-c2cc(C(=O)N/N=C\c3c[nH]c4ccccc34)[nH]n2)cc1. The number of H-pyrrole nitrogens is 2. The Morgan fingerprint density at radius 2 is 2.00 bits per heavy atom. The number of hydrogen-bond donors (Lipinski definition) is 3. The molecule has 0 unspecified atom stereocenters. The lowest BCUT2D eigenvalue weighted by molar-refractivity contribution is 0.0950. The lowest BCUT2D eigenvalue weighted by Gasteiger charge is -2.06. The average molecular weight is 415 g/mol. The standard InChI is InChI=1S/C24H25N5O2/c1-2-3-6-13-31-19-11-9-17(10-12-19)22-14-23(28-27-22)24(30)29-26-16-18-15-25-21-8-5-4-7-20(18)21/h4-5,7-12,14-16,25H,2-3,6,13H2,1H3,(H,27,28)(H,29,30)/b26-16-. The van der Waals surface area contributed by atoms with Crippen molar-refractivity contribution in [3.63, 3.8) is 0 Å². The summed E-state index contributed by atoms with van der Waals surface area (Å²) in [5.41, 5.74) is 6.38. The molecule has 158 valence electrons. The van der Waals surface area contributed by atoms with Crippen LogP contribution in [-0.2, 0) is 0 Å². The molecule has 0 fully saturated rings. The fourth-order valence-electron chi connectivity index (χ4n) is 3.27. The van der Waals surface area contributed by atoms with Crippen molar-refractivity contribution < 1.29 is 9.53 Å². The van der Waals surface area contributed by atoms with E-state index >= 15 is 0 Å². The van der Waals surface area contributed by atoms with Crippen LogP contribution in [0.3, 0.4) is 0 Å². The number of nitrogens with one attached hydrogen (secondary N) is 3. The zero-order valence-electron chi connectivity index (χ0n) is 17.4. The van der Waals surface area contributed by atoms with Gasteiger partial charge in [0.1, 0.15) is 11.4 Å². The Bertz CT molecular complexity index is 1170. The minimum Gasteiger partial charge on any atom is -0.494 e. The Morgan fingerprint density at radius 1 is 1.16 bits per heavy atom. The molecule has 4 aromatic rings. The molecule has 0 atom stereocenters. The molecule has 2 aromatic heterocycles. The number of fused-ring (bicyclic) bond motifs is 1. The molecule has 0 saturated carbocycles. The van der Waals surface area contributed by atoms with Gasteiger partial charge in [-0.2, -0.15) is 10.2 Å². The molecule has 0 radical (unpaired) electrons. The van der Waals surface area contributed by atoms with E-state index in [0.29, 0.717) is 11.4 Å². The predicted octanol–water partition coefficient (Wildman–Crippen LogP) is 4.89. The van der Waals surface area contributed by atoms with E-state index in [1.807, 2.05) is 54.7 Å². The van der Waals surface area contributed by atoms with Gasteiger partial charge < -0.3 is 9.72 Å². The number of hydrazone groups is 1. The Balaban J connectivity index is 1.35. The highest BCUT2D eigenvalue weighted by atomic mass is 16.5. The first-order chi connectivity index (χ1) is 15.2. The molecule has 31 heavy (non-hydrogen) atoms. The van der Waals surface area contributed by atoms with Gasteiger partial charge in [-0.1, -0.05) is 38.0 Å². The molecule has 2 aromatic carbocycles. The number of para-hydroxylation sites is 1. The molecule has 0 spiro atoms. The quantitative estimate of drug-likeness (QED) is 0.206. The summed E-state index contributed by atoms with van der Waals surface area (Å²) < 4.78 is 5.73. The van der Waals surface area contributed by atoms with Crippen LogP contribution >= 0.6 is 0 Å². The fraction of sp³-hybridized carbons (Fsp3) is 0.208. The van der Waals surface area contributed by atoms with Crippen LogP contribution in [0.2, 0.25) is 0 Å². The first-order valence-electron chi connectivity index (χ1n) is 10.4. The summed E-state index contributed by atoms with van der Waals surface area (Å²) in [6.07, 6.45) is 6.87. The molecule has 0 saturated heterocycles. The first-order valence-corrected chi connectivity index (χ1v) is 10.4. The summed E-state index contributed by atoms with van der Waals surface area (Å²) in [5, 5.41) is 12.1. The summed E-state index contributed by atoms with van der Waals surface area (Å²) in [6.45, 7) is 2.89. The molecule has 1 amide bonds. The van der Waals surface area contributed by atoms with E-state index < -0.39 is 0 Å². The zero-order chi connectivity index (χ0) is 21.5. The highest BCUT2D eigenvalue weighted by Crippen LogP contribution is 2.21. The Kier molecular flexibility index (Phi) is 6.42. The molecule has 0 aliphatic rings. The fourth-order valence-corrected chi connectivity index (χ4v) is 3.27. The van der Waals surface area contributed by atoms with Crippen molar-refractivity contribution in [1.82, 2.24) is 20.6 Å². The number of hydrogen-bond acceptors (Lipinski definition) is 4. The van der Waals surface area contributed by atoms with Crippen LogP contribution in [-0.4, -0.2) is 33.9 Å². The van der Waals surface area contributed by atoms with Crippen LogP contribution in [0.4, 0.5) is 0 Å². The molecule has 0 aliphatic heterocycles. The number of unbranched alkanes of at least 4 members (excludes halogenated alkanes) is 2. The number of carbonyl (C=O) groups excluding carboxylic acids is 1. The number of benzene rings is 2. The van der Waals surface area contributed by atoms with E-state index in [4.69, 9.17) is 4.74 Å². The number of ether oxygens (including phenoxy) is 1.